The van der Waals surface area contributed by atoms with Crippen LogP contribution in [0, 0.1) is 26.7 Å². The van der Waals surface area contributed by atoms with Crippen molar-refractivity contribution < 1.29 is 17.7 Å². The molecule has 26 heavy (non-hydrogen) atoms. The summed E-state index contributed by atoms with van der Waals surface area (Å²) in [7, 11) is 0. The van der Waals surface area contributed by atoms with Gasteiger partial charge in [0.15, 0.2) is 0 Å². The third kappa shape index (κ3) is 3.63. The lowest BCUT2D eigenvalue weighted by atomic mass is 10.1. The van der Waals surface area contributed by atoms with Gasteiger partial charge in [-0.3, -0.25) is 4.68 Å². The monoisotopic (exact) mass is 368 g/mol. The highest BCUT2D eigenvalue weighted by Gasteiger charge is 2.35. The fraction of sp³-hybridized carbons (Fsp3) is 0.500. The highest BCUT2D eigenvalue weighted by molar-refractivity contribution is 5.87. The minimum absolute atomic E-state index is 0.124. The number of fused-ring (bicyclic) bond motifs is 1. The Balaban J connectivity index is 1.75. The number of aryl methyl sites for hydroxylation is 3. The van der Waals surface area contributed by atoms with E-state index in [0.717, 1.165) is 10.7 Å². The van der Waals surface area contributed by atoms with Gasteiger partial charge in [-0.2, -0.15) is 23.3 Å². The first-order valence-electron chi connectivity index (χ1n) is 8.11. The minimum Gasteiger partial charge on any atom is -0.369 e. The second-order valence-electron chi connectivity index (χ2n) is 6.40. The van der Waals surface area contributed by atoms with Crippen molar-refractivity contribution in [2.24, 2.45) is 5.92 Å². The van der Waals surface area contributed by atoms with Gasteiger partial charge in [-0.1, -0.05) is 12.1 Å². The smallest absolute Gasteiger partial charge is 0.369 e. The molecular weight excluding hydrogens is 349 g/mol. The van der Waals surface area contributed by atoms with Gasteiger partial charge in [-0.25, -0.2) is 4.98 Å². The number of rotatable bonds is 5. The number of alkyl halides is 3. The Bertz CT molecular complexity index is 930. The molecule has 0 aliphatic rings. The van der Waals surface area contributed by atoms with Gasteiger partial charge in [-0.15, -0.1) is 0 Å². The molecule has 140 valence electrons. The molecule has 7 nitrogen and oxygen atoms in total. The van der Waals surface area contributed by atoms with E-state index in [1.54, 1.807) is 20.8 Å². The Morgan fingerprint density at radius 2 is 1.96 bits per heavy atom. The molecule has 0 saturated heterocycles. The third-order valence-electron chi connectivity index (χ3n) is 3.91. The number of halogens is 3. The van der Waals surface area contributed by atoms with Crippen LogP contribution in [0.25, 0.3) is 11.1 Å². The van der Waals surface area contributed by atoms with Crippen LogP contribution in [0.15, 0.2) is 10.6 Å². The van der Waals surface area contributed by atoms with Crippen LogP contribution in [0.4, 0.5) is 19.0 Å². The van der Waals surface area contributed by atoms with Crippen molar-refractivity contribution >= 4 is 16.9 Å². The summed E-state index contributed by atoms with van der Waals surface area (Å²) in [6.07, 6.45) is -4.43. The molecule has 3 heterocycles. The van der Waals surface area contributed by atoms with Crippen molar-refractivity contribution in [2.45, 2.75) is 40.4 Å². The molecule has 10 heteroatoms. The van der Waals surface area contributed by atoms with Crippen molar-refractivity contribution in [3.05, 3.63) is 29.0 Å². The number of aromatic nitrogens is 5. The molecule has 0 aliphatic carbocycles. The largest absolute Gasteiger partial charge is 0.433 e. The zero-order valence-electron chi connectivity index (χ0n) is 14.8. The molecule has 1 N–H and O–H groups in total. The molecule has 3 rings (SSSR count). The number of anilines is 1. The molecule has 0 unspecified atom stereocenters. The second-order valence-corrected chi connectivity index (χ2v) is 6.40. The second kappa shape index (κ2) is 6.58. The summed E-state index contributed by atoms with van der Waals surface area (Å²) >= 11 is 0. The average molecular weight is 368 g/mol. The maximum absolute atomic E-state index is 13.1. The maximum Gasteiger partial charge on any atom is 0.433 e. The Hall–Kier alpha value is -2.65. The van der Waals surface area contributed by atoms with E-state index in [1.165, 1.54) is 0 Å². The third-order valence-corrected chi connectivity index (χ3v) is 3.91. The first kappa shape index (κ1) is 18.2. The van der Waals surface area contributed by atoms with Gasteiger partial charge in [0.25, 0.3) is 5.71 Å². The van der Waals surface area contributed by atoms with E-state index >= 15 is 0 Å². The number of hydrogen-bond acceptors (Lipinski definition) is 6. The Morgan fingerprint density at radius 1 is 1.23 bits per heavy atom. The summed E-state index contributed by atoms with van der Waals surface area (Å²) in [6.45, 7) is 7.44. The average Bonchev–Trinajstić information content (AvgIpc) is 3.07. The molecule has 0 bridgehead atoms. The van der Waals surface area contributed by atoms with Crippen LogP contribution in [0.5, 0.6) is 0 Å². The summed E-state index contributed by atoms with van der Waals surface area (Å²) < 4.78 is 45.4. The van der Waals surface area contributed by atoms with Gasteiger partial charge in [-0.05, 0) is 32.8 Å². The predicted molar refractivity (Wildman–Crippen MR) is 88.7 cm³/mol. The highest BCUT2D eigenvalue weighted by atomic mass is 19.4. The standard InChI is InChI=1S/C16H19F3N6O/c1-8(7-25-12(16(17,18)19)5-9(2)23-25)6-20-14-13-10(3)24-26-15(13)22-11(4)21-14/h5,8H,6-7H2,1-4H3,(H,20,21,22)/t8-/m0/s1. The van der Waals surface area contributed by atoms with Gasteiger partial charge in [0.1, 0.15) is 22.7 Å². The van der Waals surface area contributed by atoms with E-state index in [9.17, 15) is 13.2 Å². The Labute approximate surface area is 147 Å². The first-order chi connectivity index (χ1) is 12.1. The van der Waals surface area contributed by atoms with Crippen molar-refractivity contribution in [1.29, 1.82) is 0 Å². The zero-order valence-corrected chi connectivity index (χ0v) is 14.8. The summed E-state index contributed by atoms with van der Waals surface area (Å²) in [5.74, 6) is 0.956. The summed E-state index contributed by atoms with van der Waals surface area (Å²) in [5.41, 5.74) is 0.632. The van der Waals surface area contributed by atoms with Crippen LogP contribution >= 0.6 is 0 Å². The highest BCUT2D eigenvalue weighted by Crippen LogP contribution is 2.30. The van der Waals surface area contributed by atoms with Crippen molar-refractivity contribution in [3.8, 4) is 0 Å². The Kier molecular flexibility index (Phi) is 4.59. The fourth-order valence-electron chi connectivity index (χ4n) is 2.77. The van der Waals surface area contributed by atoms with Crippen LogP contribution in [0.3, 0.4) is 0 Å². The number of nitrogens with one attached hydrogen (secondary N) is 1. The van der Waals surface area contributed by atoms with Gasteiger partial charge in [0, 0.05) is 13.1 Å². The molecule has 3 aromatic rings. The zero-order chi connectivity index (χ0) is 19.1. The van der Waals surface area contributed by atoms with E-state index in [0.29, 0.717) is 40.7 Å². The van der Waals surface area contributed by atoms with Crippen molar-refractivity contribution in [2.75, 3.05) is 11.9 Å². The maximum atomic E-state index is 13.1. The molecule has 0 fully saturated rings. The van der Waals surface area contributed by atoms with Crippen LogP contribution in [-0.4, -0.2) is 31.4 Å². The molecule has 1 atom stereocenters. The van der Waals surface area contributed by atoms with Gasteiger partial charge in [0.05, 0.1) is 11.4 Å². The van der Waals surface area contributed by atoms with Gasteiger partial charge < -0.3 is 9.84 Å². The quantitative estimate of drug-likeness (QED) is 0.742. The van der Waals surface area contributed by atoms with Crippen molar-refractivity contribution in [1.82, 2.24) is 24.9 Å². The predicted octanol–water partition coefficient (Wildman–Crippen LogP) is 3.51. The molecule has 0 spiro atoms. The topological polar surface area (TPSA) is 81.7 Å². The summed E-state index contributed by atoms with van der Waals surface area (Å²) in [5, 5.41) is 11.7. The fourth-order valence-corrected chi connectivity index (χ4v) is 2.77. The SMILES string of the molecule is Cc1cc(C(F)(F)F)n(C[C@@H](C)CNc2nc(C)nc3onc(C)c23)n1. The van der Waals surface area contributed by atoms with E-state index < -0.39 is 11.9 Å². The van der Waals surface area contributed by atoms with Gasteiger partial charge in [0.2, 0.25) is 0 Å². The minimum atomic E-state index is -4.43. The Morgan fingerprint density at radius 3 is 2.65 bits per heavy atom. The molecule has 3 aromatic heterocycles. The molecular formula is C16H19F3N6O. The molecule has 0 radical (unpaired) electrons. The first-order valence-corrected chi connectivity index (χ1v) is 8.11. The van der Waals surface area contributed by atoms with E-state index in [4.69, 9.17) is 4.52 Å². The number of hydrogen-bond donors (Lipinski definition) is 1. The van der Waals surface area contributed by atoms with Gasteiger partial charge >= 0.3 is 6.18 Å². The molecule has 0 amide bonds. The summed E-state index contributed by atoms with van der Waals surface area (Å²) in [4.78, 5) is 8.52. The van der Waals surface area contributed by atoms with Crippen molar-refractivity contribution in [3.63, 3.8) is 0 Å². The van der Waals surface area contributed by atoms with Crippen LogP contribution in [0.2, 0.25) is 0 Å². The van der Waals surface area contributed by atoms with E-state index in [1.807, 2.05) is 6.92 Å². The normalized spacial score (nSPS) is 13.3. The molecule has 0 aliphatic heterocycles. The van der Waals surface area contributed by atoms with Crippen LogP contribution in [-0.2, 0) is 12.7 Å². The van der Waals surface area contributed by atoms with Crippen LogP contribution < -0.4 is 5.32 Å². The van der Waals surface area contributed by atoms with Crippen LogP contribution in [0.1, 0.15) is 29.8 Å². The summed E-state index contributed by atoms with van der Waals surface area (Å²) in [6, 6.07) is 1.05. The number of nitrogens with zero attached hydrogens (tertiary/aromatic N) is 5. The lowest BCUT2D eigenvalue weighted by Crippen LogP contribution is -2.22. The lowest BCUT2D eigenvalue weighted by molar-refractivity contribution is -0.144. The van der Waals surface area contributed by atoms with E-state index in [2.05, 4.69) is 25.5 Å². The molecule has 0 aromatic carbocycles. The lowest BCUT2D eigenvalue weighted by Gasteiger charge is -2.16. The molecule has 0 saturated carbocycles. The van der Waals surface area contributed by atoms with E-state index in [-0.39, 0.29) is 12.5 Å².